The van der Waals surface area contributed by atoms with Gasteiger partial charge in [0.15, 0.2) is 0 Å². The molecule has 0 aliphatic carbocycles. The average molecular weight is 338 g/mol. The molecule has 0 fully saturated rings. The third-order valence-electron chi connectivity index (χ3n) is 4.71. The van der Waals surface area contributed by atoms with E-state index in [0.717, 1.165) is 43.7 Å². The molecule has 0 saturated carbocycles. The number of nitrogens with one attached hydrogen (secondary N) is 1. The second-order valence-electron chi connectivity index (χ2n) is 6.49. The van der Waals surface area contributed by atoms with Crippen LogP contribution in [-0.2, 0) is 24.2 Å². The van der Waals surface area contributed by atoms with Crippen LogP contribution in [0.1, 0.15) is 23.1 Å². The van der Waals surface area contributed by atoms with E-state index >= 15 is 0 Å². The van der Waals surface area contributed by atoms with Crippen molar-refractivity contribution in [2.45, 2.75) is 25.8 Å². The maximum atomic E-state index is 12.3. The number of carbonyl (C=O) groups is 1. The summed E-state index contributed by atoms with van der Waals surface area (Å²) in [5.41, 5.74) is 3.89. The fourth-order valence-electron chi connectivity index (χ4n) is 3.41. The van der Waals surface area contributed by atoms with Gasteiger partial charge in [-0.2, -0.15) is 0 Å². The third-order valence-corrected chi connectivity index (χ3v) is 4.71. The molecule has 25 heavy (non-hydrogen) atoms. The quantitative estimate of drug-likeness (QED) is 0.881. The molecule has 132 valence electrons. The van der Waals surface area contributed by atoms with E-state index in [-0.39, 0.29) is 5.91 Å². The first kappa shape index (κ1) is 17.5. The number of hydrogen-bond acceptors (Lipinski definition) is 3. The first-order valence-electron chi connectivity index (χ1n) is 8.94. The number of methoxy groups -OCH3 is 1. The molecule has 0 unspecified atom stereocenters. The molecule has 0 radical (unpaired) electrons. The molecule has 0 spiro atoms. The maximum Gasteiger partial charge on any atom is 0.234 e. The minimum Gasteiger partial charge on any atom is -0.496 e. The van der Waals surface area contributed by atoms with Gasteiger partial charge >= 0.3 is 0 Å². The summed E-state index contributed by atoms with van der Waals surface area (Å²) < 4.78 is 5.35. The molecule has 1 heterocycles. The second-order valence-corrected chi connectivity index (χ2v) is 6.49. The number of hydrogen-bond donors (Lipinski definition) is 1. The van der Waals surface area contributed by atoms with Gasteiger partial charge < -0.3 is 10.1 Å². The first-order chi connectivity index (χ1) is 12.3. The summed E-state index contributed by atoms with van der Waals surface area (Å²) in [6.45, 7) is 2.91. The summed E-state index contributed by atoms with van der Waals surface area (Å²) in [6, 6.07) is 16.5. The monoisotopic (exact) mass is 338 g/mol. The standard InChI is InChI=1S/C21H26N2O2/c1-25-20-11-5-4-8-18(20)12-13-22-21(24)16-23-14-6-10-17-7-2-3-9-19(17)15-23/h2-5,7-9,11H,6,10,12-16H2,1H3,(H,22,24). The molecule has 2 aromatic carbocycles. The van der Waals surface area contributed by atoms with Crippen molar-refractivity contribution in [1.29, 1.82) is 0 Å². The molecule has 0 atom stereocenters. The van der Waals surface area contributed by atoms with Gasteiger partial charge in [-0.3, -0.25) is 9.69 Å². The van der Waals surface area contributed by atoms with Crippen molar-refractivity contribution in [3.05, 3.63) is 65.2 Å². The molecule has 2 aromatic rings. The lowest BCUT2D eigenvalue weighted by molar-refractivity contribution is -0.122. The smallest absolute Gasteiger partial charge is 0.234 e. The van der Waals surface area contributed by atoms with Gasteiger partial charge in [0.2, 0.25) is 5.91 Å². The Bertz CT molecular complexity index is 715. The Labute approximate surface area is 149 Å². The summed E-state index contributed by atoms with van der Waals surface area (Å²) in [4.78, 5) is 14.5. The van der Waals surface area contributed by atoms with Crippen molar-refractivity contribution in [3.63, 3.8) is 0 Å². The fourth-order valence-corrected chi connectivity index (χ4v) is 3.41. The van der Waals surface area contributed by atoms with E-state index in [9.17, 15) is 4.79 Å². The summed E-state index contributed by atoms with van der Waals surface area (Å²) in [7, 11) is 1.68. The van der Waals surface area contributed by atoms with Crippen LogP contribution in [0.25, 0.3) is 0 Å². The van der Waals surface area contributed by atoms with Gasteiger partial charge in [-0.1, -0.05) is 42.5 Å². The molecule has 0 aromatic heterocycles. The fraction of sp³-hybridized carbons (Fsp3) is 0.381. The Hall–Kier alpha value is -2.33. The van der Waals surface area contributed by atoms with Crippen molar-refractivity contribution in [2.24, 2.45) is 0 Å². The van der Waals surface area contributed by atoms with Crippen LogP contribution in [0, 0.1) is 0 Å². The van der Waals surface area contributed by atoms with Crippen LogP contribution >= 0.6 is 0 Å². The number of ether oxygens (including phenoxy) is 1. The Morgan fingerprint density at radius 2 is 1.88 bits per heavy atom. The molecule has 1 N–H and O–H groups in total. The molecule has 0 saturated heterocycles. The number of amides is 1. The van der Waals surface area contributed by atoms with Crippen LogP contribution in [0.5, 0.6) is 5.75 Å². The summed E-state index contributed by atoms with van der Waals surface area (Å²) in [5.74, 6) is 0.968. The highest BCUT2D eigenvalue weighted by Gasteiger charge is 2.16. The first-order valence-corrected chi connectivity index (χ1v) is 8.94. The number of benzene rings is 2. The highest BCUT2D eigenvalue weighted by Crippen LogP contribution is 2.18. The van der Waals surface area contributed by atoms with Crippen LogP contribution < -0.4 is 10.1 Å². The van der Waals surface area contributed by atoms with Crippen LogP contribution in [0.3, 0.4) is 0 Å². The lowest BCUT2D eigenvalue weighted by Crippen LogP contribution is -2.37. The molecule has 4 nitrogen and oxygen atoms in total. The highest BCUT2D eigenvalue weighted by molar-refractivity contribution is 5.78. The zero-order chi connectivity index (χ0) is 17.5. The molecular formula is C21H26N2O2. The van der Waals surface area contributed by atoms with Crippen molar-refractivity contribution in [2.75, 3.05) is 26.7 Å². The zero-order valence-corrected chi connectivity index (χ0v) is 14.8. The van der Waals surface area contributed by atoms with Gasteiger partial charge in [0.1, 0.15) is 5.75 Å². The minimum absolute atomic E-state index is 0.0919. The predicted octanol–water partition coefficient (Wildman–Crippen LogP) is 2.80. The van der Waals surface area contributed by atoms with E-state index in [1.54, 1.807) is 7.11 Å². The van der Waals surface area contributed by atoms with Crippen molar-refractivity contribution in [1.82, 2.24) is 10.2 Å². The summed E-state index contributed by atoms with van der Waals surface area (Å²) in [6.07, 6.45) is 2.98. The van der Waals surface area contributed by atoms with E-state index in [1.807, 2.05) is 24.3 Å². The summed E-state index contributed by atoms with van der Waals surface area (Å²) in [5, 5.41) is 3.04. The van der Waals surface area contributed by atoms with Gasteiger partial charge in [-0.05, 0) is 48.6 Å². The third kappa shape index (κ3) is 4.83. The van der Waals surface area contributed by atoms with Crippen LogP contribution in [-0.4, -0.2) is 37.6 Å². The maximum absolute atomic E-state index is 12.3. The Morgan fingerprint density at radius 3 is 2.72 bits per heavy atom. The normalized spacial score (nSPS) is 14.4. The Balaban J connectivity index is 1.48. The van der Waals surface area contributed by atoms with Crippen LogP contribution in [0.15, 0.2) is 48.5 Å². The van der Waals surface area contributed by atoms with E-state index < -0.39 is 0 Å². The van der Waals surface area contributed by atoms with Gasteiger partial charge in [0, 0.05) is 13.1 Å². The van der Waals surface area contributed by atoms with E-state index in [1.165, 1.54) is 11.1 Å². The number of rotatable bonds is 6. The molecular weight excluding hydrogens is 312 g/mol. The lowest BCUT2D eigenvalue weighted by Gasteiger charge is -2.20. The van der Waals surface area contributed by atoms with Crippen molar-refractivity contribution < 1.29 is 9.53 Å². The van der Waals surface area contributed by atoms with Crippen molar-refractivity contribution >= 4 is 5.91 Å². The van der Waals surface area contributed by atoms with Crippen LogP contribution in [0.4, 0.5) is 0 Å². The largest absolute Gasteiger partial charge is 0.496 e. The number of aryl methyl sites for hydroxylation is 1. The van der Waals surface area contributed by atoms with Gasteiger partial charge in [0.05, 0.1) is 13.7 Å². The number of carbonyl (C=O) groups excluding carboxylic acids is 1. The Kier molecular flexibility index (Phi) is 6.07. The molecule has 4 heteroatoms. The molecule has 1 amide bonds. The van der Waals surface area contributed by atoms with Gasteiger partial charge in [0.25, 0.3) is 0 Å². The summed E-state index contributed by atoms with van der Waals surface area (Å²) >= 11 is 0. The Morgan fingerprint density at radius 1 is 1.12 bits per heavy atom. The SMILES string of the molecule is COc1ccccc1CCNC(=O)CN1CCCc2ccccc2C1. The van der Waals surface area contributed by atoms with Crippen molar-refractivity contribution in [3.8, 4) is 5.75 Å². The molecule has 0 bridgehead atoms. The van der Waals surface area contributed by atoms with E-state index in [4.69, 9.17) is 4.74 Å². The topological polar surface area (TPSA) is 41.6 Å². The minimum atomic E-state index is 0.0919. The molecule has 3 rings (SSSR count). The lowest BCUT2D eigenvalue weighted by atomic mass is 10.0. The van der Waals surface area contributed by atoms with E-state index in [0.29, 0.717) is 13.1 Å². The highest BCUT2D eigenvalue weighted by atomic mass is 16.5. The van der Waals surface area contributed by atoms with Gasteiger partial charge in [-0.25, -0.2) is 0 Å². The van der Waals surface area contributed by atoms with E-state index in [2.05, 4.69) is 34.5 Å². The van der Waals surface area contributed by atoms with Gasteiger partial charge in [-0.15, -0.1) is 0 Å². The number of para-hydroxylation sites is 1. The zero-order valence-electron chi connectivity index (χ0n) is 14.8. The number of nitrogens with zero attached hydrogens (tertiary/aromatic N) is 1. The average Bonchev–Trinajstić information content (AvgIpc) is 2.83. The molecule has 1 aliphatic rings. The predicted molar refractivity (Wildman–Crippen MR) is 99.7 cm³/mol. The second kappa shape index (κ2) is 8.67. The molecule has 1 aliphatic heterocycles. The number of fused-ring (bicyclic) bond motifs is 1. The van der Waals surface area contributed by atoms with Crippen LogP contribution in [0.2, 0.25) is 0 Å².